The fourth-order valence-corrected chi connectivity index (χ4v) is 3.69. The largest absolute Gasteiger partial charge is 0.494 e. The van der Waals surface area contributed by atoms with E-state index in [-0.39, 0.29) is 22.7 Å². The second-order valence-corrected chi connectivity index (χ2v) is 7.10. The van der Waals surface area contributed by atoms with Gasteiger partial charge in [-0.2, -0.15) is 0 Å². The first-order valence-electron chi connectivity index (χ1n) is 9.08. The van der Waals surface area contributed by atoms with Gasteiger partial charge in [0, 0.05) is 23.6 Å². The normalized spacial score (nSPS) is 10.9. The van der Waals surface area contributed by atoms with E-state index in [9.17, 15) is 9.59 Å². The van der Waals surface area contributed by atoms with Gasteiger partial charge >= 0.3 is 5.56 Å². The minimum absolute atomic E-state index is 0.0348. The van der Waals surface area contributed by atoms with Gasteiger partial charge in [0.2, 0.25) is 5.65 Å². The molecule has 4 rings (SSSR count). The first kappa shape index (κ1) is 18.9. The molecule has 0 aliphatic rings. The van der Waals surface area contributed by atoms with Crippen molar-refractivity contribution in [2.24, 2.45) is 0 Å². The Labute approximate surface area is 171 Å². The summed E-state index contributed by atoms with van der Waals surface area (Å²) in [6.07, 6.45) is 3.40. The lowest BCUT2D eigenvalue weighted by molar-refractivity contribution is 0.102. The summed E-state index contributed by atoms with van der Waals surface area (Å²) >= 11 is 1.24. The average molecular weight is 406 g/mol. The topological polar surface area (TPSA) is 78.5 Å². The molecule has 0 amide bonds. The molecule has 8 heteroatoms. The van der Waals surface area contributed by atoms with Crippen LogP contribution in [0.3, 0.4) is 0 Å². The highest BCUT2D eigenvalue weighted by molar-refractivity contribution is 7.99. The molecule has 0 atom stereocenters. The predicted molar refractivity (Wildman–Crippen MR) is 111 cm³/mol. The predicted octanol–water partition coefficient (Wildman–Crippen LogP) is 3.25. The first-order valence-corrected chi connectivity index (χ1v) is 10.1. The molecule has 0 unspecified atom stereocenters. The van der Waals surface area contributed by atoms with E-state index in [0.717, 1.165) is 11.4 Å². The standard InChI is InChI=1S/C21H18N4O3S/c1-2-28-17-10-8-15(9-11-17)18(26)14-29-21-23-22-19-20(27)24(12-13-25(19)21)16-6-4-3-5-7-16/h3-13H,2,14H2,1H3. The Bertz CT molecular complexity index is 1200. The number of Topliss-reactive ketones (excluding diaryl/α,β-unsaturated/α-hetero) is 1. The third kappa shape index (κ3) is 3.93. The Morgan fingerprint density at radius 1 is 1.03 bits per heavy atom. The number of hydrogen-bond acceptors (Lipinski definition) is 6. The van der Waals surface area contributed by atoms with E-state index in [1.165, 1.54) is 16.3 Å². The molecule has 0 N–H and O–H groups in total. The molecular weight excluding hydrogens is 388 g/mol. The van der Waals surface area contributed by atoms with Crippen LogP contribution in [0.25, 0.3) is 11.3 Å². The third-order valence-corrected chi connectivity index (χ3v) is 5.24. The molecule has 0 aliphatic heterocycles. The van der Waals surface area contributed by atoms with Gasteiger partial charge in [0.1, 0.15) is 5.75 Å². The van der Waals surface area contributed by atoms with Crippen molar-refractivity contribution in [2.45, 2.75) is 12.1 Å². The van der Waals surface area contributed by atoms with Gasteiger partial charge in [0.15, 0.2) is 10.9 Å². The Morgan fingerprint density at radius 2 is 1.79 bits per heavy atom. The van der Waals surface area contributed by atoms with Crippen LogP contribution in [-0.2, 0) is 0 Å². The first-order chi connectivity index (χ1) is 14.2. The summed E-state index contributed by atoms with van der Waals surface area (Å²) in [6, 6.07) is 16.4. The van der Waals surface area contributed by atoms with E-state index in [0.29, 0.717) is 17.3 Å². The number of nitrogens with zero attached hydrogens (tertiary/aromatic N) is 4. The second kappa shape index (κ2) is 8.32. The second-order valence-electron chi connectivity index (χ2n) is 6.15. The van der Waals surface area contributed by atoms with Crippen LogP contribution < -0.4 is 10.3 Å². The van der Waals surface area contributed by atoms with Crippen LogP contribution in [0.4, 0.5) is 0 Å². The summed E-state index contributed by atoms with van der Waals surface area (Å²) in [5.41, 5.74) is 1.30. The van der Waals surface area contributed by atoms with Crippen LogP contribution in [0.15, 0.2) is 76.9 Å². The summed E-state index contributed by atoms with van der Waals surface area (Å²) in [4.78, 5) is 25.2. The number of ether oxygens (including phenoxy) is 1. The van der Waals surface area contributed by atoms with Gasteiger partial charge < -0.3 is 4.74 Å². The molecule has 4 aromatic rings. The van der Waals surface area contributed by atoms with Gasteiger partial charge in [0.25, 0.3) is 0 Å². The number of carbonyl (C=O) groups excluding carboxylic acids is 1. The highest BCUT2D eigenvalue weighted by atomic mass is 32.2. The highest BCUT2D eigenvalue weighted by Crippen LogP contribution is 2.19. The molecular formula is C21H18N4O3S. The molecule has 0 fully saturated rings. The number of thioether (sulfide) groups is 1. The minimum atomic E-state index is -0.268. The zero-order valence-electron chi connectivity index (χ0n) is 15.7. The van der Waals surface area contributed by atoms with Crippen molar-refractivity contribution in [2.75, 3.05) is 12.4 Å². The lowest BCUT2D eigenvalue weighted by Gasteiger charge is -2.06. The number of hydrogen-bond donors (Lipinski definition) is 0. The molecule has 2 aromatic heterocycles. The molecule has 0 radical (unpaired) electrons. The number of carbonyl (C=O) groups is 1. The van der Waals surface area contributed by atoms with Gasteiger partial charge in [-0.05, 0) is 43.3 Å². The van der Waals surface area contributed by atoms with Crippen molar-refractivity contribution >= 4 is 23.2 Å². The van der Waals surface area contributed by atoms with Crippen LogP contribution >= 0.6 is 11.8 Å². The Hall–Kier alpha value is -3.39. The van der Waals surface area contributed by atoms with Gasteiger partial charge in [-0.3, -0.25) is 18.6 Å². The number of rotatable bonds is 7. The Balaban J connectivity index is 1.52. The highest BCUT2D eigenvalue weighted by Gasteiger charge is 2.14. The lowest BCUT2D eigenvalue weighted by atomic mass is 10.1. The molecule has 2 aromatic carbocycles. The molecule has 0 saturated carbocycles. The molecule has 7 nitrogen and oxygen atoms in total. The van der Waals surface area contributed by atoms with Gasteiger partial charge in [-0.1, -0.05) is 30.0 Å². The number of ketones is 1. The van der Waals surface area contributed by atoms with Crippen LogP contribution in [-0.4, -0.2) is 37.3 Å². The summed E-state index contributed by atoms with van der Waals surface area (Å²) in [6.45, 7) is 2.49. The van der Waals surface area contributed by atoms with Crippen molar-refractivity contribution < 1.29 is 9.53 Å². The fourth-order valence-electron chi connectivity index (χ4n) is 2.87. The van der Waals surface area contributed by atoms with Gasteiger partial charge in [-0.25, -0.2) is 0 Å². The van der Waals surface area contributed by atoms with Crippen molar-refractivity contribution in [3.63, 3.8) is 0 Å². The summed E-state index contributed by atoms with van der Waals surface area (Å²) in [5.74, 6) is 0.888. The maximum absolute atomic E-state index is 12.7. The Kier molecular flexibility index (Phi) is 5.44. The van der Waals surface area contributed by atoms with E-state index in [1.807, 2.05) is 37.3 Å². The molecule has 0 spiro atoms. The number of para-hydroxylation sites is 1. The maximum Gasteiger partial charge on any atom is 0.300 e. The number of fused-ring (bicyclic) bond motifs is 1. The average Bonchev–Trinajstić information content (AvgIpc) is 3.18. The van der Waals surface area contributed by atoms with Crippen LogP contribution in [0.5, 0.6) is 5.75 Å². The molecule has 0 saturated heterocycles. The fraction of sp³-hybridized carbons (Fsp3) is 0.143. The molecule has 0 aliphatic carbocycles. The Morgan fingerprint density at radius 3 is 2.52 bits per heavy atom. The third-order valence-electron chi connectivity index (χ3n) is 4.29. The van der Waals surface area contributed by atoms with Crippen molar-refractivity contribution in [3.8, 4) is 11.4 Å². The van der Waals surface area contributed by atoms with Gasteiger partial charge in [0.05, 0.1) is 12.4 Å². The quantitative estimate of drug-likeness (QED) is 0.346. The zero-order valence-corrected chi connectivity index (χ0v) is 16.5. The number of benzene rings is 2. The van der Waals surface area contributed by atoms with Crippen molar-refractivity contribution in [1.82, 2.24) is 19.2 Å². The van der Waals surface area contributed by atoms with E-state index >= 15 is 0 Å². The summed E-state index contributed by atoms with van der Waals surface area (Å²) in [7, 11) is 0. The molecule has 146 valence electrons. The minimum Gasteiger partial charge on any atom is -0.494 e. The van der Waals surface area contributed by atoms with E-state index in [2.05, 4.69) is 10.2 Å². The van der Waals surface area contributed by atoms with Crippen molar-refractivity contribution in [3.05, 3.63) is 82.9 Å². The smallest absolute Gasteiger partial charge is 0.300 e. The van der Waals surface area contributed by atoms with Crippen LogP contribution in [0.1, 0.15) is 17.3 Å². The maximum atomic E-state index is 12.7. The summed E-state index contributed by atoms with van der Waals surface area (Å²) < 4.78 is 8.52. The number of aromatic nitrogens is 4. The lowest BCUT2D eigenvalue weighted by Crippen LogP contribution is -2.20. The molecule has 0 bridgehead atoms. The van der Waals surface area contributed by atoms with E-state index < -0.39 is 0 Å². The molecule has 29 heavy (non-hydrogen) atoms. The van der Waals surface area contributed by atoms with E-state index in [4.69, 9.17) is 4.74 Å². The van der Waals surface area contributed by atoms with Crippen LogP contribution in [0.2, 0.25) is 0 Å². The SMILES string of the molecule is CCOc1ccc(C(=O)CSc2nnc3c(=O)n(-c4ccccc4)ccn23)cc1. The van der Waals surface area contributed by atoms with E-state index in [1.54, 1.807) is 41.1 Å². The molecule has 2 heterocycles. The summed E-state index contributed by atoms with van der Waals surface area (Å²) in [5, 5.41) is 8.60. The van der Waals surface area contributed by atoms with Crippen molar-refractivity contribution in [1.29, 1.82) is 0 Å². The van der Waals surface area contributed by atoms with Gasteiger partial charge in [-0.15, -0.1) is 10.2 Å². The monoisotopic (exact) mass is 406 g/mol. The zero-order chi connectivity index (χ0) is 20.2. The van der Waals surface area contributed by atoms with Crippen LogP contribution in [0, 0.1) is 0 Å².